The summed E-state index contributed by atoms with van der Waals surface area (Å²) in [6.07, 6.45) is 0.838. The van der Waals surface area contributed by atoms with Crippen molar-refractivity contribution < 1.29 is 9.13 Å². The number of rotatable bonds is 1. The van der Waals surface area contributed by atoms with Gasteiger partial charge in [-0.05, 0) is 23.6 Å². The summed E-state index contributed by atoms with van der Waals surface area (Å²) in [6.45, 7) is 4.66. The Bertz CT molecular complexity index is 331. The minimum absolute atomic E-state index is 0.0979. The van der Waals surface area contributed by atoms with Crippen molar-refractivity contribution in [1.82, 2.24) is 0 Å². The first-order chi connectivity index (χ1) is 6.18. The topological polar surface area (TPSA) is 9.23 Å². The molecule has 0 amide bonds. The van der Waals surface area contributed by atoms with E-state index in [1.54, 1.807) is 6.07 Å². The second-order valence-electron chi connectivity index (χ2n) is 3.73. The molecule has 13 heavy (non-hydrogen) atoms. The van der Waals surface area contributed by atoms with Crippen molar-refractivity contribution in [2.75, 3.05) is 6.61 Å². The van der Waals surface area contributed by atoms with E-state index < -0.39 is 0 Å². The third kappa shape index (κ3) is 1.41. The van der Waals surface area contributed by atoms with Gasteiger partial charge in [-0.3, -0.25) is 0 Å². The van der Waals surface area contributed by atoms with Crippen LogP contribution in [0.1, 0.15) is 30.9 Å². The molecule has 0 saturated carbocycles. The molecule has 2 rings (SSSR count). The fourth-order valence-electron chi connectivity index (χ4n) is 1.65. The quantitative estimate of drug-likeness (QED) is 0.645. The van der Waals surface area contributed by atoms with Crippen molar-refractivity contribution in [3.63, 3.8) is 0 Å². The lowest BCUT2D eigenvalue weighted by Crippen LogP contribution is -1.94. The van der Waals surface area contributed by atoms with Crippen LogP contribution >= 0.6 is 0 Å². The zero-order valence-electron chi connectivity index (χ0n) is 7.93. The highest BCUT2D eigenvalue weighted by Crippen LogP contribution is 2.31. The number of halogens is 1. The summed E-state index contributed by atoms with van der Waals surface area (Å²) in [7, 11) is 0. The van der Waals surface area contributed by atoms with Crippen molar-refractivity contribution in [2.24, 2.45) is 0 Å². The SMILES string of the molecule is CC(C)c1cc2c(cc1F)CCO2. The maximum atomic E-state index is 13.4. The molecular formula is C11H13FO. The van der Waals surface area contributed by atoms with E-state index in [1.807, 2.05) is 19.9 Å². The fourth-order valence-corrected chi connectivity index (χ4v) is 1.65. The fraction of sp³-hybridized carbons (Fsp3) is 0.455. The summed E-state index contributed by atoms with van der Waals surface area (Å²) in [6, 6.07) is 3.44. The van der Waals surface area contributed by atoms with Gasteiger partial charge in [0, 0.05) is 12.0 Å². The summed E-state index contributed by atoms with van der Waals surface area (Å²) >= 11 is 0. The molecule has 70 valence electrons. The number of fused-ring (bicyclic) bond motifs is 1. The van der Waals surface area contributed by atoms with Crippen molar-refractivity contribution in [1.29, 1.82) is 0 Å². The van der Waals surface area contributed by atoms with Gasteiger partial charge in [-0.15, -0.1) is 0 Å². The van der Waals surface area contributed by atoms with Gasteiger partial charge in [0.15, 0.2) is 0 Å². The maximum absolute atomic E-state index is 13.4. The van der Waals surface area contributed by atoms with Gasteiger partial charge in [0.2, 0.25) is 0 Å². The van der Waals surface area contributed by atoms with Crippen LogP contribution < -0.4 is 4.74 Å². The summed E-state index contributed by atoms with van der Waals surface area (Å²) in [5.41, 5.74) is 1.75. The molecule has 0 radical (unpaired) electrons. The zero-order valence-corrected chi connectivity index (χ0v) is 7.93. The molecule has 0 bridgehead atoms. The minimum Gasteiger partial charge on any atom is -0.493 e. The second-order valence-corrected chi connectivity index (χ2v) is 3.73. The summed E-state index contributed by atoms with van der Waals surface area (Å²) < 4.78 is 18.8. The normalized spacial score (nSPS) is 14.5. The molecule has 1 aliphatic heterocycles. The molecule has 1 nitrogen and oxygen atoms in total. The smallest absolute Gasteiger partial charge is 0.127 e. The molecule has 0 fully saturated rings. The molecule has 0 atom stereocenters. The minimum atomic E-state index is -0.0979. The average molecular weight is 180 g/mol. The van der Waals surface area contributed by atoms with E-state index in [2.05, 4.69) is 0 Å². The molecule has 1 aliphatic rings. The molecule has 0 spiro atoms. The second kappa shape index (κ2) is 3.02. The lowest BCUT2D eigenvalue weighted by molar-refractivity contribution is 0.356. The largest absolute Gasteiger partial charge is 0.493 e. The lowest BCUT2D eigenvalue weighted by Gasteiger charge is -2.08. The van der Waals surface area contributed by atoms with Gasteiger partial charge >= 0.3 is 0 Å². The van der Waals surface area contributed by atoms with Crippen LogP contribution in [0.3, 0.4) is 0 Å². The lowest BCUT2D eigenvalue weighted by atomic mass is 10.00. The van der Waals surface area contributed by atoms with Gasteiger partial charge in [0.05, 0.1) is 6.61 Å². The van der Waals surface area contributed by atoms with Crippen molar-refractivity contribution in [2.45, 2.75) is 26.2 Å². The Balaban J connectivity index is 2.49. The van der Waals surface area contributed by atoms with Crippen molar-refractivity contribution >= 4 is 0 Å². The Kier molecular flexibility index (Phi) is 1.98. The van der Waals surface area contributed by atoms with E-state index in [9.17, 15) is 4.39 Å². The van der Waals surface area contributed by atoms with Crippen LogP contribution in [0.25, 0.3) is 0 Å². The first kappa shape index (κ1) is 8.54. The predicted molar refractivity (Wildman–Crippen MR) is 49.7 cm³/mol. The van der Waals surface area contributed by atoms with Gasteiger partial charge in [0.25, 0.3) is 0 Å². The molecular weight excluding hydrogens is 167 g/mol. The summed E-state index contributed by atoms with van der Waals surface area (Å²) in [4.78, 5) is 0. The number of hydrogen-bond donors (Lipinski definition) is 0. The molecule has 0 aromatic heterocycles. The first-order valence-electron chi connectivity index (χ1n) is 4.63. The van der Waals surface area contributed by atoms with E-state index in [4.69, 9.17) is 4.74 Å². The Morgan fingerprint density at radius 2 is 2.15 bits per heavy atom. The number of hydrogen-bond acceptors (Lipinski definition) is 1. The van der Waals surface area contributed by atoms with Crippen LogP contribution in [0.5, 0.6) is 5.75 Å². The van der Waals surface area contributed by atoms with Gasteiger partial charge in [-0.2, -0.15) is 0 Å². The maximum Gasteiger partial charge on any atom is 0.127 e. The van der Waals surface area contributed by atoms with E-state index in [0.29, 0.717) is 6.61 Å². The highest BCUT2D eigenvalue weighted by atomic mass is 19.1. The number of benzene rings is 1. The van der Waals surface area contributed by atoms with E-state index >= 15 is 0 Å². The van der Waals surface area contributed by atoms with Gasteiger partial charge < -0.3 is 4.74 Å². The molecule has 0 aliphatic carbocycles. The van der Waals surface area contributed by atoms with Crippen molar-refractivity contribution in [3.05, 3.63) is 29.1 Å². The summed E-state index contributed by atoms with van der Waals surface area (Å²) in [5.74, 6) is 0.985. The van der Waals surface area contributed by atoms with E-state index in [0.717, 1.165) is 23.3 Å². The third-order valence-electron chi connectivity index (χ3n) is 2.43. The number of ether oxygens (including phenoxy) is 1. The highest BCUT2D eigenvalue weighted by Gasteiger charge is 2.17. The Labute approximate surface area is 77.5 Å². The van der Waals surface area contributed by atoms with E-state index in [-0.39, 0.29) is 11.7 Å². The Hall–Kier alpha value is -1.05. The van der Waals surface area contributed by atoms with Crippen LogP contribution in [0.15, 0.2) is 12.1 Å². The monoisotopic (exact) mass is 180 g/mol. The molecule has 1 aromatic rings. The predicted octanol–water partition coefficient (Wildman–Crippen LogP) is 2.88. The van der Waals surface area contributed by atoms with Crippen LogP contribution in [0.2, 0.25) is 0 Å². The Morgan fingerprint density at radius 3 is 2.85 bits per heavy atom. The zero-order chi connectivity index (χ0) is 9.42. The van der Waals surface area contributed by atoms with Crippen LogP contribution in [-0.2, 0) is 6.42 Å². The molecule has 0 N–H and O–H groups in total. The summed E-state index contributed by atoms with van der Waals surface area (Å²) in [5, 5.41) is 0. The first-order valence-corrected chi connectivity index (χ1v) is 4.63. The molecule has 0 saturated heterocycles. The third-order valence-corrected chi connectivity index (χ3v) is 2.43. The van der Waals surface area contributed by atoms with Crippen LogP contribution in [0.4, 0.5) is 4.39 Å². The van der Waals surface area contributed by atoms with Gasteiger partial charge in [0.1, 0.15) is 11.6 Å². The standard InChI is InChI=1S/C11H13FO/c1-7(2)9-6-11-8(3-4-13-11)5-10(9)12/h5-7H,3-4H2,1-2H3. The highest BCUT2D eigenvalue weighted by molar-refractivity contribution is 5.41. The van der Waals surface area contributed by atoms with E-state index in [1.165, 1.54) is 0 Å². The Morgan fingerprint density at radius 1 is 1.38 bits per heavy atom. The van der Waals surface area contributed by atoms with Crippen LogP contribution in [0, 0.1) is 5.82 Å². The molecule has 2 heteroatoms. The molecule has 0 unspecified atom stereocenters. The average Bonchev–Trinajstić information content (AvgIpc) is 2.48. The van der Waals surface area contributed by atoms with Gasteiger partial charge in [-0.1, -0.05) is 13.8 Å². The van der Waals surface area contributed by atoms with Gasteiger partial charge in [-0.25, -0.2) is 4.39 Å². The van der Waals surface area contributed by atoms with Crippen molar-refractivity contribution in [3.8, 4) is 5.75 Å². The van der Waals surface area contributed by atoms with Crippen LogP contribution in [-0.4, -0.2) is 6.61 Å². The molecule has 1 aromatic carbocycles. The molecule has 1 heterocycles.